The number of fused-ring (bicyclic) bond motifs is 1. The highest BCUT2D eigenvalue weighted by molar-refractivity contribution is 9.10. The molecule has 3 heteroatoms. The number of aryl methyl sites for hydroxylation is 1. The van der Waals surface area contributed by atoms with Crippen LogP contribution in [0.1, 0.15) is 41.5 Å². The standard InChI is InChI=1S/C16H18BrNO/c1-11-8-14-15(6-3-7-16(14)19)18(11)10-12-4-2-5-13(17)9-12/h2,4-5,8-9,16,19H,3,6-7,10H2,1H3. The predicted molar refractivity (Wildman–Crippen MR) is 80.3 cm³/mol. The van der Waals surface area contributed by atoms with E-state index < -0.39 is 0 Å². The summed E-state index contributed by atoms with van der Waals surface area (Å²) in [5, 5.41) is 10.1. The first kappa shape index (κ1) is 12.9. The zero-order valence-electron chi connectivity index (χ0n) is 11.1. The molecule has 100 valence electrons. The average molecular weight is 320 g/mol. The smallest absolute Gasteiger partial charge is 0.0807 e. The molecule has 1 heterocycles. The minimum absolute atomic E-state index is 0.272. The summed E-state index contributed by atoms with van der Waals surface area (Å²) >= 11 is 3.52. The normalized spacial score (nSPS) is 18.4. The number of hydrogen-bond acceptors (Lipinski definition) is 1. The molecule has 1 aromatic heterocycles. The zero-order chi connectivity index (χ0) is 13.4. The highest BCUT2D eigenvalue weighted by atomic mass is 79.9. The molecule has 0 spiro atoms. The lowest BCUT2D eigenvalue weighted by Crippen LogP contribution is -2.13. The summed E-state index contributed by atoms with van der Waals surface area (Å²) in [6.07, 6.45) is 2.78. The largest absolute Gasteiger partial charge is 0.388 e. The number of aliphatic hydroxyl groups excluding tert-OH is 1. The van der Waals surface area contributed by atoms with E-state index in [2.05, 4.69) is 51.7 Å². The van der Waals surface area contributed by atoms with E-state index in [1.165, 1.54) is 17.0 Å². The minimum Gasteiger partial charge on any atom is -0.388 e. The summed E-state index contributed by atoms with van der Waals surface area (Å²) in [5.41, 5.74) is 4.98. The molecule has 1 atom stereocenters. The fourth-order valence-corrected chi connectivity index (χ4v) is 3.43. The fraction of sp³-hybridized carbons (Fsp3) is 0.375. The van der Waals surface area contributed by atoms with E-state index >= 15 is 0 Å². The Hall–Kier alpha value is -1.06. The maximum atomic E-state index is 10.1. The molecule has 1 aliphatic carbocycles. The Morgan fingerprint density at radius 3 is 3.00 bits per heavy atom. The van der Waals surface area contributed by atoms with Gasteiger partial charge in [-0.15, -0.1) is 0 Å². The molecule has 1 N–H and O–H groups in total. The van der Waals surface area contributed by atoms with Crippen LogP contribution in [0.15, 0.2) is 34.8 Å². The number of rotatable bonds is 2. The van der Waals surface area contributed by atoms with Crippen LogP contribution in [0.3, 0.4) is 0 Å². The van der Waals surface area contributed by atoms with Crippen LogP contribution in [0.25, 0.3) is 0 Å². The fourth-order valence-electron chi connectivity index (χ4n) is 2.98. The van der Waals surface area contributed by atoms with Crippen LogP contribution < -0.4 is 0 Å². The highest BCUT2D eigenvalue weighted by Crippen LogP contribution is 2.32. The summed E-state index contributed by atoms with van der Waals surface area (Å²) in [6.45, 7) is 3.01. The van der Waals surface area contributed by atoms with Crippen molar-refractivity contribution >= 4 is 15.9 Å². The average Bonchev–Trinajstić information content (AvgIpc) is 2.69. The van der Waals surface area contributed by atoms with Crippen molar-refractivity contribution in [3.8, 4) is 0 Å². The number of hydrogen-bond donors (Lipinski definition) is 1. The Kier molecular flexibility index (Phi) is 3.50. The monoisotopic (exact) mass is 319 g/mol. The third kappa shape index (κ3) is 2.49. The van der Waals surface area contributed by atoms with Gasteiger partial charge in [0.1, 0.15) is 0 Å². The molecule has 2 nitrogen and oxygen atoms in total. The van der Waals surface area contributed by atoms with E-state index in [1.807, 2.05) is 6.07 Å². The SMILES string of the molecule is Cc1cc2c(n1Cc1cccc(Br)c1)CCCC2O. The van der Waals surface area contributed by atoms with Crippen molar-refractivity contribution in [3.63, 3.8) is 0 Å². The van der Waals surface area contributed by atoms with E-state index in [-0.39, 0.29) is 6.10 Å². The third-order valence-corrected chi connectivity index (χ3v) is 4.42. The maximum Gasteiger partial charge on any atom is 0.0807 e. The Labute approximate surface area is 122 Å². The first-order chi connectivity index (χ1) is 9.15. The molecule has 0 saturated heterocycles. The lowest BCUT2D eigenvalue weighted by molar-refractivity contribution is 0.156. The molecule has 1 unspecified atom stereocenters. The van der Waals surface area contributed by atoms with Crippen molar-refractivity contribution in [1.29, 1.82) is 0 Å². The second-order valence-electron chi connectivity index (χ2n) is 5.31. The van der Waals surface area contributed by atoms with Crippen LogP contribution in [0, 0.1) is 6.92 Å². The highest BCUT2D eigenvalue weighted by Gasteiger charge is 2.22. The van der Waals surface area contributed by atoms with Gasteiger partial charge in [-0.1, -0.05) is 28.1 Å². The number of nitrogens with zero attached hydrogens (tertiary/aromatic N) is 1. The van der Waals surface area contributed by atoms with Crippen molar-refractivity contribution in [1.82, 2.24) is 4.57 Å². The summed E-state index contributed by atoms with van der Waals surface area (Å²) in [4.78, 5) is 0. The summed E-state index contributed by atoms with van der Waals surface area (Å²) in [5.74, 6) is 0. The van der Waals surface area contributed by atoms with Crippen molar-refractivity contribution in [2.75, 3.05) is 0 Å². The van der Waals surface area contributed by atoms with Gasteiger partial charge in [0.15, 0.2) is 0 Å². The lowest BCUT2D eigenvalue weighted by atomic mass is 9.95. The number of aromatic nitrogens is 1. The van der Waals surface area contributed by atoms with Gasteiger partial charge < -0.3 is 9.67 Å². The molecule has 1 aromatic carbocycles. The maximum absolute atomic E-state index is 10.1. The Morgan fingerprint density at radius 2 is 2.21 bits per heavy atom. The topological polar surface area (TPSA) is 25.2 Å². The first-order valence-corrected chi connectivity index (χ1v) is 7.56. The molecular weight excluding hydrogens is 302 g/mol. The van der Waals surface area contributed by atoms with Crippen LogP contribution in [0.5, 0.6) is 0 Å². The second-order valence-corrected chi connectivity index (χ2v) is 6.23. The van der Waals surface area contributed by atoms with Crippen LogP contribution >= 0.6 is 15.9 Å². The van der Waals surface area contributed by atoms with Gasteiger partial charge in [0, 0.05) is 28.0 Å². The van der Waals surface area contributed by atoms with E-state index in [4.69, 9.17) is 0 Å². The van der Waals surface area contributed by atoms with E-state index in [9.17, 15) is 5.11 Å². The van der Waals surface area contributed by atoms with Crippen molar-refractivity contribution in [2.45, 2.75) is 38.8 Å². The Balaban J connectivity index is 1.97. The van der Waals surface area contributed by atoms with Gasteiger partial charge in [-0.25, -0.2) is 0 Å². The molecule has 0 radical (unpaired) electrons. The molecule has 0 fully saturated rings. The quantitative estimate of drug-likeness (QED) is 0.890. The van der Waals surface area contributed by atoms with Crippen LogP contribution in [0.2, 0.25) is 0 Å². The number of benzene rings is 1. The van der Waals surface area contributed by atoms with Crippen LogP contribution in [0.4, 0.5) is 0 Å². The van der Waals surface area contributed by atoms with E-state index in [0.717, 1.165) is 35.8 Å². The second kappa shape index (κ2) is 5.14. The molecule has 0 aliphatic heterocycles. The summed E-state index contributed by atoms with van der Waals surface area (Å²) < 4.78 is 3.46. The molecule has 3 rings (SSSR count). The van der Waals surface area contributed by atoms with Crippen molar-refractivity contribution in [2.24, 2.45) is 0 Å². The molecule has 0 amide bonds. The number of halogens is 1. The van der Waals surface area contributed by atoms with Crippen molar-refractivity contribution < 1.29 is 5.11 Å². The predicted octanol–water partition coefficient (Wildman–Crippen LogP) is 3.98. The van der Waals surface area contributed by atoms with E-state index in [0.29, 0.717) is 0 Å². The van der Waals surface area contributed by atoms with Crippen LogP contribution in [-0.2, 0) is 13.0 Å². The first-order valence-electron chi connectivity index (χ1n) is 6.76. The van der Waals surface area contributed by atoms with Crippen LogP contribution in [-0.4, -0.2) is 9.67 Å². The molecule has 2 aromatic rings. The van der Waals surface area contributed by atoms with Gasteiger partial charge in [-0.05, 0) is 49.9 Å². The van der Waals surface area contributed by atoms with Gasteiger partial charge >= 0.3 is 0 Å². The molecule has 19 heavy (non-hydrogen) atoms. The summed E-state index contributed by atoms with van der Waals surface area (Å²) in [7, 11) is 0. The summed E-state index contributed by atoms with van der Waals surface area (Å²) in [6, 6.07) is 10.6. The van der Waals surface area contributed by atoms with Gasteiger partial charge in [0.05, 0.1) is 6.10 Å². The van der Waals surface area contributed by atoms with Gasteiger partial charge in [-0.2, -0.15) is 0 Å². The van der Waals surface area contributed by atoms with Crippen molar-refractivity contribution in [3.05, 3.63) is 57.3 Å². The van der Waals surface area contributed by atoms with Gasteiger partial charge in [-0.3, -0.25) is 0 Å². The van der Waals surface area contributed by atoms with E-state index in [1.54, 1.807) is 0 Å². The van der Waals surface area contributed by atoms with Gasteiger partial charge in [0.25, 0.3) is 0 Å². The molecule has 0 bridgehead atoms. The molecule has 1 aliphatic rings. The molecular formula is C16H18BrNO. The Morgan fingerprint density at radius 1 is 1.37 bits per heavy atom. The zero-order valence-corrected chi connectivity index (χ0v) is 12.7. The Bertz CT molecular complexity index is 603. The van der Waals surface area contributed by atoms with Gasteiger partial charge in [0.2, 0.25) is 0 Å². The third-order valence-electron chi connectivity index (χ3n) is 3.93. The lowest BCUT2D eigenvalue weighted by Gasteiger charge is -2.20. The number of aliphatic hydroxyl groups is 1. The minimum atomic E-state index is -0.272. The molecule has 0 saturated carbocycles.